The van der Waals surface area contributed by atoms with Gasteiger partial charge < -0.3 is 9.88 Å². The summed E-state index contributed by atoms with van der Waals surface area (Å²) in [6.45, 7) is 1.33. The van der Waals surface area contributed by atoms with Crippen molar-refractivity contribution in [3.8, 4) is 0 Å². The number of halogens is 2. The predicted octanol–water partition coefficient (Wildman–Crippen LogP) is 3.19. The molecule has 0 unspecified atom stereocenters. The number of pyridine rings is 1. The highest BCUT2D eigenvalue weighted by Gasteiger charge is 2.24. The number of carbonyl (C=O) groups excluding carboxylic acids is 1. The Hall–Kier alpha value is -2.14. The Bertz CT molecular complexity index is 773. The van der Waals surface area contributed by atoms with Crippen molar-refractivity contribution in [3.05, 3.63) is 68.8 Å². The van der Waals surface area contributed by atoms with Gasteiger partial charge in [0.1, 0.15) is 5.82 Å². The van der Waals surface area contributed by atoms with Crippen LogP contribution in [0.3, 0.4) is 0 Å². The third-order valence-corrected chi connectivity index (χ3v) is 5.08. The highest BCUT2D eigenvalue weighted by atomic mass is 35.5. The number of aromatic nitrogens is 1. The van der Waals surface area contributed by atoms with Gasteiger partial charge in [-0.05, 0) is 42.9 Å². The molecule has 132 valence electrons. The van der Waals surface area contributed by atoms with Gasteiger partial charge in [-0.3, -0.25) is 9.59 Å². The van der Waals surface area contributed by atoms with E-state index in [0.29, 0.717) is 24.0 Å². The molecule has 1 aromatic carbocycles. The molecular formula is C19H20ClFN2O2. The van der Waals surface area contributed by atoms with E-state index >= 15 is 0 Å². The van der Waals surface area contributed by atoms with E-state index in [4.69, 9.17) is 11.6 Å². The Labute approximate surface area is 150 Å². The maximum atomic E-state index is 13.8. The minimum atomic E-state index is -0.436. The number of likely N-dealkylation sites (tertiary alicyclic amines) is 1. The molecule has 0 spiro atoms. The summed E-state index contributed by atoms with van der Waals surface area (Å²) in [7, 11) is 0. The molecule has 0 bridgehead atoms. The molecule has 1 saturated heterocycles. The van der Waals surface area contributed by atoms with Crippen LogP contribution in [0.4, 0.5) is 4.39 Å². The van der Waals surface area contributed by atoms with Crippen molar-refractivity contribution in [2.45, 2.75) is 25.7 Å². The molecule has 4 nitrogen and oxygen atoms in total. The van der Waals surface area contributed by atoms with E-state index in [-0.39, 0.29) is 23.5 Å². The van der Waals surface area contributed by atoms with Gasteiger partial charge in [0, 0.05) is 35.9 Å². The van der Waals surface area contributed by atoms with Gasteiger partial charge in [-0.15, -0.1) is 0 Å². The maximum absolute atomic E-state index is 13.8. The number of aromatic amines is 1. The van der Waals surface area contributed by atoms with Crippen LogP contribution in [-0.2, 0) is 17.6 Å². The topological polar surface area (TPSA) is 53.2 Å². The van der Waals surface area contributed by atoms with Gasteiger partial charge in [0.15, 0.2) is 0 Å². The lowest BCUT2D eigenvalue weighted by Crippen LogP contribution is -2.39. The predicted molar refractivity (Wildman–Crippen MR) is 95.2 cm³/mol. The summed E-state index contributed by atoms with van der Waals surface area (Å²) < 4.78 is 13.8. The van der Waals surface area contributed by atoms with Crippen molar-refractivity contribution in [1.82, 2.24) is 9.88 Å². The average Bonchev–Trinajstić information content (AvgIpc) is 2.61. The van der Waals surface area contributed by atoms with Crippen molar-refractivity contribution in [1.29, 1.82) is 0 Å². The standard InChI is InChI=1S/C19H20ClFN2O2/c20-16-2-1-3-17(21)15(16)11-19(25)23-8-6-13(7-9-23)10-14-4-5-18(24)22-12-14/h1-5,12-13H,6-11H2,(H,22,24). The molecule has 0 atom stereocenters. The highest BCUT2D eigenvalue weighted by molar-refractivity contribution is 6.31. The van der Waals surface area contributed by atoms with Crippen LogP contribution in [0.5, 0.6) is 0 Å². The minimum Gasteiger partial charge on any atom is -0.342 e. The molecule has 6 heteroatoms. The second-order valence-corrected chi connectivity index (χ2v) is 6.87. The fraction of sp³-hybridized carbons (Fsp3) is 0.368. The largest absolute Gasteiger partial charge is 0.342 e. The van der Waals surface area contributed by atoms with Gasteiger partial charge in [0.25, 0.3) is 0 Å². The second-order valence-electron chi connectivity index (χ2n) is 6.47. The first-order chi connectivity index (χ1) is 12.0. The van der Waals surface area contributed by atoms with Gasteiger partial charge in [0.2, 0.25) is 11.5 Å². The van der Waals surface area contributed by atoms with Crippen LogP contribution in [0.25, 0.3) is 0 Å². The molecule has 3 rings (SSSR count). The van der Waals surface area contributed by atoms with Crippen LogP contribution < -0.4 is 5.56 Å². The first-order valence-electron chi connectivity index (χ1n) is 8.41. The third-order valence-electron chi connectivity index (χ3n) is 4.73. The van der Waals surface area contributed by atoms with Gasteiger partial charge >= 0.3 is 0 Å². The number of nitrogens with one attached hydrogen (secondary N) is 1. The van der Waals surface area contributed by atoms with E-state index in [0.717, 1.165) is 24.8 Å². The molecule has 0 aliphatic carbocycles. The number of benzene rings is 1. The van der Waals surface area contributed by atoms with Crippen molar-refractivity contribution >= 4 is 17.5 Å². The van der Waals surface area contributed by atoms with Gasteiger partial charge in [-0.2, -0.15) is 0 Å². The molecular weight excluding hydrogens is 343 g/mol. The second kappa shape index (κ2) is 7.83. The summed E-state index contributed by atoms with van der Waals surface area (Å²) >= 11 is 6.00. The fourth-order valence-electron chi connectivity index (χ4n) is 3.25. The minimum absolute atomic E-state index is 0.00387. The van der Waals surface area contributed by atoms with Gasteiger partial charge in [0.05, 0.1) is 6.42 Å². The summed E-state index contributed by atoms with van der Waals surface area (Å²) in [6.07, 6.45) is 4.43. The molecule has 25 heavy (non-hydrogen) atoms. The van der Waals surface area contributed by atoms with Crippen molar-refractivity contribution in [3.63, 3.8) is 0 Å². The quantitative estimate of drug-likeness (QED) is 0.908. The zero-order chi connectivity index (χ0) is 17.8. The van der Waals surface area contributed by atoms with Crippen LogP contribution in [-0.4, -0.2) is 28.9 Å². The normalized spacial score (nSPS) is 15.4. The van der Waals surface area contributed by atoms with Crippen LogP contribution in [0.15, 0.2) is 41.3 Å². The molecule has 1 aromatic heterocycles. The molecule has 2 heterocycles. The van der Waals surface area contributed by atoms with Gasteiger partial charge in [-0.25, -0.2) is 4.39 Å². The molecule has 1 aliphatic heterocycles. The summed E-state index contributed by atoms with van der Waals surface area (Å²) in [5.74, 6) is -0.0460. The Morgan fingerprint density at radius 3 is 2.64 bits per heavy atom. The van der Waals surface area contributed by atoms with Crippen LogP contribution in [0, 0.1) is 11.7 Å². The van der Waals surface area contributed by atoms with E-state index in [9.17, 15) is 14.0 Å². The van der Waals surface area contributed by atoms with Crippen molar-refractivity contribution in [2.75, 3.05) is 13.1 Å². The number of amides is 1. The van der Waals surface area contributed by atoms with Crippen LogP contribution in [0.1, 0.15) is 24.0 Å². The molecule has 0 radical (unpaired) electrons. The third kappa shape index (κ3) is 4.48. The lowest BCUT2D eigenvalue weighted by Gasteiger charge is -2.32. The monoisotopic (exact) mass is 362 g/mol. The first-order valence-corrected chi connectivity index (χ1v) is 8.79. The number of hydrogen-bond donors (Lipinski definition) is 1. The van der Waals surface area contributed by atoms with Gasteiger partial charge in [-0.1, -0.05) is 23.7 Å². The van der Waals surface area contributed by atoms with Crippen LogP contribution in [0.2, 0.25) is 5.02 Å². The summed E-state index contributed by atoms with van der Waals surface area (Å²) in [5, 5.41) is 0.293. The smallest absolute Gasteiger partial charge is 0.247 e. The van der Waals surface area contributed by atoms with E-state index in [2.05, 4.69) is 4.98 Å². The van der Waals surface area contributed by atoms with Crippen LogP contribution >= 0.6 is 11.6 Å². The zero-order valence-electron chi connectivity index (χ0n) is 13.8. The Balaban J connectivity index is 1.54. The Kier molecular flexibility index (Phi) is 5.53. The molecule has 1 N–H and O–H groups in total. The zero-order valence-corrected chi connectivity index (χ0v) is 14.6. The molecule has 1 amide bonds. The number of H-pyrrole nitrogens is 1. The number of carbonyl (C=O) groups is 1. The Morgan fingerprint density at radius 2 is 2.00 bits per heavy atom. The maximum Gasteiger partial charge on any atom is 0.247 e. The lowest BCUT2D eigenvalue weighted by atomic mass is 9.90. The number of rotatable bonds is 4. The lowest BCUT2D eigenvalue weighted by molar-refractivity contribution is -0.131. The van der Waals surface area contributed by atoms with E-state index in [1.165, 1.54) is 18.2 Å². The van der Waals surface area contributed by atoms with E-state index in [1.807, 2.05) is 6.07 Å². The highest BCUT2D eigenvalue weighted by Crippen LogP contribution is 2.24. The van der Waals surface area contributed by atoms with E-state index in [1.54, 1.807) is 17.2 Å². The fourth-order valence-corrected chi connectivity index (χ4v) is 3.48. The first kappa shape index (κ1) is 17.7. The van der Waals surface area contributed by atoms with Crippen molar-refractivity contribution < 1.29 is 9.18 Å². The van der Waals surface area contributed by atoms with E-state index < -0.39 is 5.82 Å². The molecule has 2 aromatic rings. The summed E-state index contributed by atoms with van der Waals surface area (Å²) in [6, 6.07) is 7.84. The molecule has 1 aliphatic rings. The molecule has 1 fully saturated rings. The number of piperidine rings is 1. The van der Waals surface area contributed by atoms with Crippen molar-refractivity contribution in [2.24, 2.45) is 5.92 Å². The summed E-state index contributed by atoms with van der Waals surface area (Å²) in [5.41, 5.74) is 1.27. The number of hydrogen-bond acceptors (Lipinski definition) is 2. The average molecular weight is 363 g/mol. The Morgan fingerprint density at radius 1 is 1.24 bits per heavy atom. The molecule has 0 saturated carbocycles. The summed E-state index contributed by atoms with van der Waals surface area (Å²) in [4.78, 5) is 28.0. The number of nitrogens with zero attached hydrogens (tertiary/aromatic N) is 1. The SMILES string of the molecule is O=C(Cc1c(F)cccc1Cl)N1CCC(Cc2ccc(=O)[nH]c2)CC1.